The van der Waals surface area contributed by atoms with Gasteiger partial charge in [0.1, 0.15) is 12.0 Å². The molecule has 1 aliphatic heterocycles. The van der Waals surface area contributed by atoms with E-state index in [-0.39, 0.29) is 11.9 Å². The number of rotatable bonds is 5. The highest BCUT2D eigenvalue weighted by molar-refractivity contribution is 7.18. The number of carbonyl (C=O) groups excluding carboxylic acids is 1. The van der Waals surface area contributed by atoms with E-state index in [4.69, 9.17) is 5.10 Å². The number of hydrogen-bond donors (Lipinski definition) is 0. The van der Waals surface area contributed by atoms with E-state index in [1.807, 2.05) is 39.4 Å². The first-order valence-electron chi connectivity index (χ1n) is 10.6. The summed E-state index contributed by atoms with van der Waals surface area (Å²) >= 11 is 1.67. The molecule has 160 valence electrons. The minimum Gasteiger partial charge on any atom is -0.338 e. The Hall–Kier alpha value is -3.07. The predicted octanol–water partition coefficient (Wildman–Crippen LogP) is 3.39. The highest BCUT2D eigenvalue weighted by atomic mass is 32.1. The number of amides is 1. The van der Waals surface area contributed by atoms with Gasteiger partial charge < -0.3 is 9.47 Å². The summed E-state index contributed by atoms with van der Waals surface area (Å²) in [6.45, 7) is 5.46. The molecule has 3 aromatic heterocycles. The van der Waals surface area contributed by atoms with Crippen LogP contribution in [0.3, 0.4) is 0 Å². The van der Waals surface area contributed by atoms with Gasteiger partial charge in [0.25, 0.3) is 0 Å². The number of hydrogen-bond acceptors (Lipinski definition) is 6. The molecule has 9 heteroatoms. The number of benzene rings is 1. The lowest BCUT2D eigenvalue weighted by atomic mass is 10.0. The SMILES string of the molecule is CC(C)n1cnnc1-c1nn(C)c2c1CN(C(=O)CCc1nc3ccccc3s1)CC2. The van der Waals surface area contributed by atoms with Crippen molar-refractivity contribution in [2.45, 2.75) is 45.7 Å². The van der Waals surface area contributed by atoms with Crippen LogP contribution in [0, 0.1) is 0 Å². The lowest BCUT2D eigenvalue weighted by Gasteiger charge is -2.27. The summed E-state index contributed by atoms with van der Waals surface area (Å²) in [4.78, 5) is 19.6. The molecule has 4 heterocycles. The van der Waals surface area contributed by atoms with Crippen LogP contribution in [0.2, 0.25) is 0 Å². The van der Waals surface area contributed by atoms with E-state index in [2.05, 4.69) is 35.1 Å². The highest BCUT2D eigenvalue weighted by Gasteiger charge is 2.29. The Morgan fingerprint density at radius 3 is 2.90 bits per heavy atom. The van der Waals surface area contributed by atoms with E-state index in [0.717, 1.165) is 34.0 Å². The van der Waals surface area contributed by atoms with Gasteiger partial charge in [-0.3, -0.25) is 9.48 Å². The van der Waals surface area contributed by atoms with Gasteiger partial charge in [-0.1, -0.05) is 12.1 Å². The normalized spacial score (nSPS) is 13.9. The number of nitrogens with zero attached hydrogens (tertiary/aromatic N) is 7. The van der Waals surface area contributed by atoms with Crippen molar-refractivity contribution < 1.29 is 4.79 Å². The van der Waals surface area contributed by atoms with Gasteiger partial charge in [-0.25, -0.2) is 4.98 Å². The summed E-state index contributed by atoms with van der Waals surface area (Å²) in [5, 5.41) is 14.2. The third-order valence-electron chi connectivity index (χ3n) is 5.83. The Kier molecular flexibility index (Phi) is 5.05. The maximum absolute atomic E-state index is 13.0. The lowest BCUT2D eigenvalue weighted by molar-refractivity contribution is -0.132. The molecule has 0 fully saturated rings. The average molecular weight is 436 g/mol. The first kappa shape index (κ1) is 19.9. The summed E-state index contributed by atoms with van der Waals surface area (Å²) in [5.41, 5.74) is 4.08. The van der Waals surface area contributed by atoms with Gasteiger partial charge in [-0.05, 0) is 26.0 Å². The molecule has 0 atom stereocenters. The molecule has 0 bridgehead atoms. The number of aryl methyl sites for hydroxylation is 2. The van der Waals surface area contributed by atoms with E-state index < -0.39 is 0 Å². The number of para-hydroxylation sites is 1. The van der Waals surface area contributed by atoms with Crippen LogP contribution in [0.4, 0.5) is 0 Å². The zero-order chi connectivity index (χ0) is 21.5. The van der Waals surface area contributed by atoms with Crippen LogP contribution in [-0.4, -0.2) is 46.9 Å². The molecular weight excluding hydrogens is 410 g/mol. The summed E-state index contributed by atoms with van der Waals surface area (Å²) in [7, 11) is 1.96. The molecule has 4 aromatic rings. The van der Waals surface area contributed by atoms with Crippen LogP contribution in [-0.2, 0) is 31.2 Å². The second-order valence-electron chi connectivity index (χ2n) is 8.19. The topological polar surface area (TPSA) is 81.7 Å². The minimum absolute atomic E-state index is 0.157. The molecule has 0 saturated heterocycles. The molecule has 31 heavy (non-hydrogen) atoms. The Labute approximate surface area is 184 Å². The first-order valence-corrected chi connectivity index (χ1v) is 11.4. The van der Waals surface area contributed by atoms with Crippen molar-refractivity contribution in [1.29, 1.82) is 0 Å². The van der Waals surface area contributed by atoms with Crippen molar-refractivity contribution in [2.24, 2.45) is 7.05 Å². The smallest absolute Gasteiger partial charge is 0.223 e. The van der Waals surface area contributed by atoms with Crippen LogP contribution in [0.25, 0.3) is 21.7 Å². The van der Waals surface area contributed by atoms with Gasteiger partial charge >= 0.3 is 0 Å². The molecule has 0 radical (unpaired) electrons. The third kappa shape index (κ3) is 3.63. The first-order chi connectivity index (χ1) is 15.0. The monoisotopic (exact) mass is 435 g/mol. The van der Waals surface area contributed by atoms with Crippen LogP contribution in [0.1, 0.15) is 42.6 Å². The van der Waals surface area contributed by atoms with Gasteiger partial charge in [0.15, 0.2) is 5.82 Å². The summed E-state index contributed by atoms with van der Waals surface area (Å²) < 4.78 is 5.12. The fraction of sp³-hybridized carbons (Fsp3) is 0.409. The van der Waals surface area contributed by atoms with E-state index >= 15 is 0 Å². The second kappa shape index (κ2) is 7.88. The highest BCUT2D eigenvalue weighted by Crippen LogP contribution is 2.30. The van der Waals surface area contributed by atoms with Crippen molar-refractivity contribution in [3.05, 3.63) is 46.9 Å². The van der Waals surface area contributed by atoms with E-state index in [1.165, 1.54) is 10.4 Å². The van der Waals surface area contributed by atoms with E-state index in [0.29, 0.717) is 25.9 Å². The molecule has 1 amide bonds. The molecule has 1 aliphatic rings. The standard InChI is InChI=1S/C22H25N7OS/c1-14(2)29-13-23-25-22(29)21-15-12-28(11-10-17(15)27(3)26-21)20(30)9-8-19-24-16-6-4-5-7-18(16)31-19/h4-7,13-14H,8-12H2,1-3H3. The van der Waals surface area contributed by atoms with Gasteiger partial charge in [-0.2, -0.15) is 5.10 Å². The zero-order valence-electron chi connectivity index (χ0n) is 17.9. The fourth-order valence-corrected chi connectivity index (χ4v) is 5.14. The molecule has 8 nitrogen and oxygen atoms in total. The predicted molar refractivity (Wildman–Crippen MR) is 120 cm³/mol. The van der Waals surface area contributed by atoms with Crippen LogP contribution < -0.4 is 0 Å². The van der Waals surface area contributed by atoms with Crippen molar-refractivity contribution in [1.82, 2.24) is 34.4 Å². The second-order valence-corrected chi connectivity index (χ2v) is 9.31. The van der Waals surface area contributed by atoms with Gasteiger partial charge in [-0.15, -0.1) is 21.5 Å². The Morgan fingerprint density at radius 2 is 2.10 bits per heavy atom. The number of thiazole rings is 1. The van der Waals surface area contributed by atoms with Crippen molar-refractivity contribution in [3.8, 4) is 11.5 Å². The van der Waals surface area contributed by atoms with Crippen LogP contribution in [0.15, 0.2) is 30.6 Å². The van der Waals surface area contributed by atoms with Crippen molar-refractivity contribution >= 4 is 27.5 Å². The zero-order valence-corrected chi connectivity index (χ0v) is 18.8. The number of aromatic nitrogens is 6. The molecule has 0 aliphatic carbocycles. The van der Waals surface area contributed by atoms with Gasteiger partial charge in [0, 0.05) is 56.7 Å². The average Bonchev–Trinajstić information content (AvgIpc) is 3.48. The Bertz CT molecular complexity index is 1220. The Morgan fingerprint density at radius 1 is 1.26 bits per heavy atom. The Balaban J connectivity index is 1.34. The molecular formula is C22H25N7OS. The largest absolute Gasteiger partial charge is 0.338 e. The van der Waals surface area contributed by atoms with E-state index in [1.54, 1.807) is 17.7 Å². The van der Waals surface area contributed by atoms with Gasteiger partial charge in [0.2, 0.25) is 5.91 Å². The number of carbonyl (C=O) groups is 1. The summed E-state index contributed by atoms with van der Waals surface area (Å²) in [5.74, 6) is 0.917. The molecule has 0 spiro atoms. The number of fused-ring (bicyclic) bond motifs is 2. The lowest BCUT2D eigenvalue weighted by Crippen LogP contribution is -2.36. The van der Waals surface area contributed by atoms with Crippen LogP contribution in [0.5, 0.6) is 0 Å². The quantitative estimate of drug-likeness (QED) is 0.480. The van der Waals surface area contributed by atoms with Gasteiger partial charge in [0.05, 0.1) is 15.2 Å². The molecule has 1 aromatic carbocycles. The van der Waals surface area contributed by atoms with Crippen molar-refractivity contribution in [3.63, 3.8) is 0 Å². The maximum Gasteiger partial charge on any atom is 0.223 e. The fourth-order valence-electron chi connectivity index (χ4n) is 4.17. The molecule has 5 rings (SSSR count). The molecule has 0 N–H and O–H groups in total. The summed E-state index contributed by atoms with van der Waals surface area (Å²) in [6, 6.07) is 8.34. The van der Waals surface area contributed by atoms with E-state index in [9.17, 15) is 4.79 Å². The summed E-state index contributed by atoms with van der Waals surface area (Å²) in [6.07, 6.45) is 3.67. The molecule has 0 saturated carbocycles. The van der Waals surface area contributed by atoms with Crippen LogP contribution >= 0.6 is 11.3 Å². The van der Waals surface area contributed by atoms with Crippen molar-refractivity contribution in [2.75, 3.05) is 6.54 Å². The minimum atomic E-state index is 0.157. The maximum atomic E-state index is 13.0. The molecule has 0 unspecified atom stereocenters. The third-order valence-corrected chi connectivity index (χ3v) is 6.92.